The molecule has 1 fully saturated rings. The summed E-state index contributed by atoms with van der Waals surface area (Å²) in [5.74, 6) is 0.583. The summed E-state index contributed by atoms with van der Waals surface area (Å²) in [4.78, 5) is 29.8. The van der Waals surface area contributed by atoms with Crippen LogP contribution in [0.5, 0.6) is 0 Å². The summed E-state index contributed by atoms with van der Waals surface area (Å²) in [6.45, 7) is 8.67. The number of hydrogen-bond donors (Lipinski definition) is 3. The third kappa shape index (κ3) is 4.53. The van der Waals surface area contributed by atoms with Crippen LogP contribution in [0.4, 0.5) is 10.5 Å². The lowest BCUT2D eigenvalue weighted by Gasteiger charge is -2.19. The summed E-state index contributed by atoms with van der Waals surface area (Å²) in [6.07, 6.45) is 1.13. The second kappa shape index (κ2) is 8.21. The maximum atomic E-state index is 12.3. The summed E-state index contributed by atoms with van der Waals surface area (Å²) in [6, 6.07) is 7.71. The number of hydrogen-bond acceptors (Lipinski definition) is 3. The van der Waals surface area contributed by atoms with Crippen molar-refractivity contribution in [3.8, 4) is 0 Å². The highest BCUT2D eigenvalue weighted by Crippen LogP contribution is 2.21. The number of carbonyl (C=O) groups excluding carboxylic acids is 2. The van der Waals surface area contributed by atoms with E-state index in [9.17, 15) is 9.59 Å². The fraction of sp³-hybridized carbons (Fsp3) is 0.526. The van der Waals surface area contributed by atoms with Gasteiger partial charge in [-0.3, -0.25) is 14.7 Å². The van der Waals surface area contributed by atoms with Crippen molar-refractivity contribution in [1.82, 2.24) is 10.2 Å². The van der Waals surface area contributed by atoms with Crippen LogP contribution in [0.25, 0.3) is 0 Å². The SMILES string of the molecule is CCC1(C)NC(=O)N(CCCN=C(N)Nc2cccc(C(C)C)c2)C1=O. The highest BCUT2D eigenvalue weighted by atomic mass is 16.2. The maximum Gasteiger partial charge on any atom is 0.325 e. The van der Waals surface area contributed by atoms with E-state index >= 15 is 0 Å². The number of anilines is 1. The monoisotopic (exact) mass is 359 g/mol. The van der Waals surface area contributed by atoms with E-state index in [1.54, 1.807) is 6.92 Å². The number of amides is 3. The van der Waals surface area contributed by atoms with E-state index in [1.807, 2.05) is 25.1 Å². The van der Waals surface area contributed by atoms with E-state index in [0.29, 0.717) is 37.8 Å². The van der Waals surface area contributed by atoms with Crippen LogP contribution in [0.3, 0.4) is 0 Å². The van der Waals surface area contributed by atoms with Gasteiger partial charge in [0, 0.05) is 18.8 Å². The Morgan fingerprint density at radius 2 is 2.12 bits per heavy atom. The van der Waals surface area contributed by atoms with E-state index < -0.39 is 5.54 Å². The minimum absolute atomic E-state index is 0.175. The molecule has 142 valence electrons. The fourth-order valence-electron chi connectivity index (χ4n) is 2.78. The number of nitrogens with two attached hydrogens (primary N) is 1. The maximum absolute atomic E-state index is 12.3. The lowest BCUT2D eigenvalue weighted by Crippen LogP contribution is -2.43. The third-order valence-corrected chi connectivity index (χ3v) is 4.70. The first-order valence-corrected chi connectivity index (χ1v) is 9.08. The summed E-state index contributed by atoms with van der Waals surface area (Å²) < 4.78 is 0. The lowest BCUT2D eigenvalue weighted by molar-refractivity contribution is -0.130. The van der Waals surface area contributed by atoms with E-state index in [2.05, 4.69) is 35.5 Å². The van der Waals surface area contributed by atoms with E-state index in [0.717, 1.165) is 5.69 Å². The lowest BCUT2D eigenvalue weighted by atomic mass is 9.99. The van der Waals surface area contributed by atoms with Crippen LogP contribution < -0.4 is 16.4 Å². The molecule has 0 saturated carbocycles. The van der Waals surface area contributed by atoms with Crippen LogP contribution in [0.1, 0.15) is 52.0 Å². The molecule has 1 unspecified atom stereocenters. The predicted octanol–water partition coefficient (Wildman–Crippen LogP) is 2.65. The van der Waals surface area contributed by atoms with Gasteiger partial charge < -0.3 is 16.4 Å². The normalized spacial score (nSPS) is 20.7. The number of nitrogens with one attached hydrogen (secondary N) is 2. The van der Waals surface area contributed by atoms with Crippen molar-refractivity contribution in [3.05, 3.63) is 29.8 Å². The molecule has 1 aromatic rings. The van der Waals surface area contributed by atoms with Crippen LogP contribution in [0, 0.1) is 0 Å². The van der Waals surface area contributed by atoms with Gasteiger partial charge in [0.25, 0.3) is 5.91 Å². The van der Waals surface area contributed by atoms with Crippen molar-refractivity contribution in [2.24, 2.45) is 10.7 Å². The molecule has 7 nitrogen and oxygen atoms in total. The quantitative estimate of drug-likeness (QED) is 0.301. The van der Waals surface area contributed by atoms with Crippen molar-refractivity contribution >= 4 is 23.6 Å². The molecule has 0 radical (unpaired) electrons. The second-order valence-electron chi connectivity index (χ2n) is 7.10. The number of imide groups is 1. The van der Waals surface area contributed by atoms with Crippen LogP contribution in [0.15, 0.2) is 29.3 Å². The fourth-order valence-corrected chi connectivity index (χ4v) is 2.78. The minimum atomic E-state index is -0.789. The Morgan fingerprint density at radius 1 is 1.38 bits per heavy atom. The molecule has 1 aliphatic heterocycles. The highest BCUT2D eigenvalue weighted by molar-refractivity contribution is 6.06. The highest BCUT2D eigenvalue weighted by Gasteiger charge is 2.45. The molecule has 1 aromatic carbocycles. The molecule has 26 heavy (non-hydrogen) atoms. The Hall–Kier alpha value is -2.57. The molecule has 0 aliphatic carbocycles. The van der Waals surface area contributed by atoms with E-state index in [-0.39, 0.29) is 11.9 Å². The first-order chi connectivity index (χ1) is 12.3. The smallest absolute Gasteiger partial charge is 0.325 e. The van der Waals surface area contributed by atoms with Crippen LogP contribution in [-0.2, 0) is 4.79 Å². The number of urea groups is 1. The van der Waals surface area contributed by atoms with E-state index in [1.165, 1.54) is 10.5 Å². The molecule has 7 heteroatoms. The van der Waals surface area contributed by atoms with Gasteiger partial charge in [0.1, 0.15) is 5.54 Å². The van der Waals surface area contributed by atoms with Crippen molar-refractivity contribution in [3.63, 3.8) is 0 Å². The number of carbonyl (C=O) groups is 2. The molecule has 4 N–H and O–H groups in total. The second-order valence-corrected chi connectivity index (χ2v) is 7.10. The molecule has 0 aromatic heterocycles. The van der Waals surface area contributed by atoms with Gasteiger partial charge in [-0.15, -0.1) is 0 Å². The largest absolute Gasteiger partial charge is 0.370 e. The van der Waals surface area contributed by atoms with Gasteiger partial charge in [-0.2, -0.15) is 0 Å². The van der Waals surface area contributed by atoms with Gasteiger partial charge in [0.05, 0.1) is 0 Å². The molecule has 1 saturated heterocycles. The van der Waals surface area contributed by atoms with Gasteiger partial charge in [-0.05, 0) is 43.4 Å². The van der Waals surface area contributed by atoms with Crippen molar-refractivity contribution in [2.75, 3.05) is 18.4 Å². The molecule has 1 heterocycles. The van der Waals surface area contributed by atoms with Crippen molar-refractivity contribution in [2.45, 2.75) is 52.0 Å². The Balaban J connectivity index is 1.84. The molecule has 0 spiro atoms. The Labute approximate surface area is 155 Å². The summed E-state index contributed by atoms with van der Waals surface area (Å²) >= 11 is 0. The van der Waals surface area contributed by atoms with Crippen molar-refractivity contribution in [1.29, 1.82) is 0 Å². The van der Waals surface area contributed by atoms with Crippen LogP contribution in [-0.4, -0.2) is 41.4 Å². The summed E-state index contributed by atoms with van der Waals surface area (Å²) in [5.41, 5.74) is 7.25. The summed E-state index contributed by atoms with van der Waals surface area (Å²) in [7, 11) is 0. The number of guanidine groups is 1. The Kier molecular flexibility index (Phi) is 6.23. The van der Waals surface area contributed by atoms with Gasteiger partial charge in [-0.1, -0.05) is 32.9 Å². The standard InChI is InChI=1S/C19H29N5O2/c1-5-19(4)16(25)24(18(26)23-19)11-7-10-21-17(20)22-15-9-6-8-14(12-15)13(2)3/h6,8-9,12-13H,5,7,10-11H2,1-4H3,(H,23,26)(H3,20,21,22). The van der Waals surface area contributed by atoms with Crippen LogP contribution in [0.2, 0.25) is 0 Å². The zero-order valence-electron chi connectivity index (χ0n) is 16.0. The van der Waals surface area contributed by atoms with Gasteiger partial charge in [0.2, 0.25) is 0 Å². The minimum Gasteiger partial charge on any atom is -0.370 e. The molecule has 1 aliphatic rings. The zero-order valence-corrected chi connectivity index (χ0v) is 16.0. The first-order valence-electron chi connectivity index (χ1n) is 9.08. The van der Waals surface area contributed by atoms with Gasteiger partial charge in [-0.25, -0.2) is 4.79 Å². The number of benzene rings is 1. The van der Waals surface area contributed by atoms with Gasteiger partial charge in [0.15, 0.2) is 5.96 Å². The molecule has 1 atom stereocenters. The molecule has 3 amide bonds. The van der Waals surface area contributed by atoms with Gasteiger partial charge >= 0.3 is 6.03 Å². The predicted molar refractivity (Wildman–Crippen MR) is 104 cm³/mol. The number of rotatable bonds is 7. The topological polar surface area (TPSA) is 99.8 Å². The van der Waals surface area contributed by atoms with Crippen LogP contribution >= 0.6 is 0 Å². The molecular formula is C19H29N5O2. The average molecular weight is 359 g/mol. The Bertz CT molecular complexity index is 701. The molecular weight excluding hydrogens is 330 g/mol. The first kappa shape index (κ1) is 19.8. The van der Waals surface area contributed by atoms with E-state index in [4.69, 9.17) is 5.73 Å². The number of nitrogens with zero attached hydrogens (tertiary/aromatic N) is 2. The molecule has 2 rings (SSSR count). The summed E-state index contributed by atoms with van der Waals surface area (Å²) in [5, 5.41) is 5.81. The number of aliphatic imine (C=N–C) groups is 1. The molecule has 0 bridgehead atoms. The average Bonchev–Trinajstić information content (AvgIpc) is 2.82. The zero-order chi connectivity index (χ0) is 19.3. The Morgan fingerprint density at radius 3 is 2.73 bits per heavy atom. The third-order valence-electron chi connectivity index (χ3n) is 4.70. The van der Waals surface area contributed by atoms with Crippen molar-refractivity contribution < 1.29 is 9.59 Å².